The average molecular weight is 182 g/mol. The summed E-state index contributed by atoms with van der Waals surface area (Å²) in [5, 5.41) is 4.49. The van der Waals surface area contributed by atoms with Gasteiger partial charge in [-0.3, -0.25) is 0 Å². The van der Waals surface area contributed by atoms with E-state index in [0.717, 1.165) is 9.24 Å². The van der Waals surface area contributed by atoms with Crippen LogP contribution in [0, 0.1) is 0 Å². The molecule has 0 spiro atoms. The molecule has 0 radical (unpaired) electrons. The van der Waals surface area contributed by atoms with Crippen molar-refractivity contribution in [1.82, 2.24) is 9.59 Å². The number of aromatic nitrogens is 2. The van der Waals surface area contributed by atoms with Crippen molar-refractivity contribution >= 4 is 46.6 Å². The molecule has 0 amide bonds. The van der Waals surface area contributed by atoms with Crippen molar-refractivity contribution < 1.29 is 0 Å². The molecule has 1 rings (SSSR count). The van der Waals surface area contributed by atoms with E-state index < -0.39 is 0 Å². The zero-order chi connectivity index (χ0) is 5.98. The van der Waals surface area contributed by atoms with E-state index in [1.54, 1.807) is 0 Å². The van der Waals surface area contributed by atoms with E-state index in [-0.39, 0.29) is 0 Å². The Morgan fingerprint density at radius 2 is 2.38 bits per heavy atom. The van der Waals surface area contributed by atoms with Crippen molar-refractivity contribution in [3.05, 3.63) is 0 Å². The zero-order valence-corrected chi connectivity index (χ0v) is 7.03. The Balaban J connectivity index is 2.92. The van der Waals surface area contributed by atoms with Gasteiger partial charge in [0.1, 0.15) is 4.21 Å². The zero-order valence-electron chi connectivity index (χ0n) is 3.61. The van der Waals surface area contributed by atoms with Gasteiger partial charge in [-0.2, -0.15) is 0 Å². The fourth-order valence-electron chi connectivity index (χ4n) is 0.235. The molecule has 0 aliphatic carbocycles. The monoisotopic (exact) mass is 182 g/mol. The molecule has 6 heteroatoms. The standard InChI is InChI=1S/C2H2N2S4/c5-2-1(8-6)3-4-7-2/h5-6H. The van der Waals surface area contributed by atoms with Gasteiger partial charge in [0, 0.05) is 0 Å². The first-order valence-electron chi connectivity index (χ1n) is 1.67. The molecule has 1 aromatic rings. The normalized spacial score (nSPS) is 9.75. The molecule has 0 aliphatic heterocycles. The van der Waals surface area contributed by atoms with Crippen molar-refractivity contribution in [2.75, 3.05) is 0 Å². The van der Waals surface area contributed by atoms with Gasteiger partial charge in [-0.25, -0.2) is 0 Å². The van der Waals surface area contributed by atoms with E-state index in [4.69, 9.17) is 0 Å². The fourth-order valence-corrected chi connectivity index (χ4v) is 2.07. The van der Waals surface area contributed by atoms with Gasteiger partial charge >= 0.3 is 0 Å². The molecule has 0 N–H and O–H groups in total. The number of nitrogens with zero attached hydrogens (tertiary/aromatic N) is 2. The third kappa shape index (κ3) is 1.31. The summed E-state index contributed by atoms with van der Waals surface area (Å²) >= 11 is 9.23. The Hall–Kier alpha value is 0.610. The highest BCUT2D eigenvalue weighted by atomic mass is 33.1. The van der Waals surface area contributed by atoms with Crippen molar-refractivity contribution in [3.63, 3.8) is 0 Å². The molecular formula is C2H2N2S4. The average Bonchev–Trinajstić information content (AvgIpc) is 2.14. The van der Waals surface area contributed by atoms with Gasteiger partial charge in [0.15, 0.2) is 5.03 Å². The lowest BCUT2D eigenvalue weighted by molar-refractivity contribution is 1.01. The van der Waals surface area contributed by atoms with Gasteiger partial charge in [-0.05, 0) is 22.3 Å². The van der Waals surface area contributed by atoms with E-state index >= 15 is 0 Å². The molecule has 1 heterocycles. The molecule has 0 unspecified atom stereocenters. The smallest absolute Gasteiger partial charge is 0.129 e. The lowest BCUT2D eigenvalue weighted by atomic mass is 11.0. The Kier molecular flexibility index (Phi) is 2.48. The molecule has 0 fully saturated rings. The van der Waals surface area contributed by atoms with Crippen LogP contribution in [-0.2, 0) is 0 Å². The van der Waals surface area contributed by atoms with Crippen molar-refractivity contribution in [3.8, 4) is 0 Å². The summed E-state index contributed by atoms with van der Waals surface area (Å²) in [5.41, 5.74) is 0. The quantitative estimate of drug-likeness (QED) is 0.511. The van der Waals surface area contributed by atoms with Crippen molar-refractivity contribution in [2.24, 2.45) is 0 Å². The third-order valence-electron chi connectivity index (χ3n) is 0.528. The lowest BCUT2D eigenvalue weighted by Crippen LogP contribution is -1.64. The molecule has 0 saturated carbocycles. The van der Waals surface area contributed by atoms with Crippen LogP contribution < -0.4 is 0 Å². The minimum Gasteiger partial charge on any atom is -0.129 e. The number of rotatable bonds is 1. The van der Waals surface area contributed by atoms with Crippen LogP contribution in [0.4, 0.5) is 0 Å². The largest absolute Gasteiger partial charge is 0.155 e. The maximum Gasteiger partial charge on any atom is 0.155 e. The van der Waals surface area contributed by atoms with Gasteiger partial charge < -0.3 is 0 Å². The first-order chi connectivity index (χ1) is 3.84. The molecule has 8 heavy (non-hydrogen) atoms. The summed E-state index contributed by atoms with van der Waals surface area (Å²) < 4.78 is 4.46. The van der Waals surface area contributed by atoms with Gasteiger partial charge in [0.2, 0.25) is 0 Å². The van der Waals surface area contributed by atoms with Crippen molar-refractivity contribution in [2.45, 2.75) is 9.24 Å². The predicted molar refractivity (Wildman–Crippen MR) is 42.0 cm³/mol. The highest BCUT2D eigenvalue weighted by molar-refractivity contribution is 8.68. The maximum atomic E-state index is 4.05. The molecule has 0 bridgehead atoms. The lowest BCUT2D eigenvalue weighted by Gasteiger charge is -1.80. The van der Waals surface area contributed by atoms with Crippen LogP contribution in [0.5, 0.6) is 0 Å². The summed E-state index contributed by atoms with van der Waals surface area (Å²) in [6, 6.07) is 0. The Morgan fingerprint density at radius 1 is 1.62 bits per heavy atom. The van der Waals surface area contributed by atoms with E-state index in [1.807, 2.05) is 0 Å². The molecule has 0 aliphatic rings. The fraction of sp³-hybridized carbons (Fsp3) is 0. The van der Waals surface area contributed by atoms with E-state index in [1.165, 1.54) is 22.3 Å². The second-order valence-corrected chi connectivity index (χ2v) is 3.60. The van der Waals surface area contributed by atoms with Crippen LogP contribution in [0.2, 0.25) is 0 Å². The summed E-state index contributed by atoms with van der Waals surface area (Å²) in [4.78, 5) is 0. The van der Waals surface area contributed by atoms with Crippen LogP contribution in [-0.4, -0.2) is 9.59 Å². The SMILES string of the molecule is SSc1nnsc1S. The highest BCUT2D eigenvalue weighted by Crippen LogP contribution is 2.27. The summed E-state index contributed by atoms with van der Waals surface area (Å²) in [5.74, 6) is 0. The Labute approximate surface area is 65.5 Å². The van der Waals surface area contributed by atoms with Crippen LogP contribution >= 0.6 is 46.6 Å². The van der Waals surface area contributed by atoms with E-state index in [2.05, 4.69) is 33.9 Å². The van der Waals surface area contributed by atoms with Crippen molar-refractivity contribution in [1.29, 1.82) is 0 Å². The first-order valence-corrected chi connectivity index (χ1v) is 4.76. The van der Waals surface area contributed by atoms with Crippen LogP contribution in [0.3, 0.4) is 0 Å². The number of hydrogen-bond donors (Lipinski definition) is 2. The number of hydrogen-bond acceptors (Lipinski definition) is 6. The minimum absolute atomic E-state index is 0.779. The predicted octanol–water partition coefficient (Wildman–Crippen LogP) is 1.76. The van der Waals surface area contributed by atoms with Gasteiger partial charge in [-0.1, -0.05) is 4.49 Å². The van der Waals surface area contributed by atoms with Crippen LogP contribution in [0.1, 0.15) is 0 Å². The Bertz CT molecular complexity index is 172. The molecule has 44 valence electrons. The summed E-state index contributed by atoms with van der Waals surface area (Å²) in [6.07, 6.45) is 0. The minimum atomic E-state index is 0.779. The van der Waals surface area contributed by atoms with Gasteiger partial charge in [-0.15, -0.1) is 29.4 Å². The molecule has 1 aromatic heterocycles. The molecular weight excluding hydrogens is 180 g/mol. The molecule has 0 atom stereocenters. The second kappa shape index (κ2) is 2.95. The number of thiol groups is 2. The maximum absolute atomic E-state index is 4.05. The van der Waals surface area contributed by atoms with E-state index in [9.17, 15) is 0 Å². The molecule has 2 nitrogen and oxygen atoms in total. The first kappa shape index (κ1) is 6.73. The topological polar surface area (TPSA) is 25.8 Å². The highest BCUT2D eigenvalue weighted by Gasteiger charge is 1.99. The van der Waals surface area contributed by atoms with Gasteiger partial charge in [0.05, 0.1) is 0 Å². The van der Waals surface area contributed by atoms with Gasteiger partial charge in [0.25, 0.3) is 0 Å². The van der Waals surface area contributed by atoms with Crippen LogP contribution in [0.15, 0.2) is 9.24 Å². The molecule has 0 aromatic carbocycles. The van der Waals surface area contributed by atoms with E-state index in [0.29, 0.717) is 0 Å². The summed E-state index contributed by atoms with van der Waals surface area (Å²) in [7, 11) is 1.26. The summed E-state index contributed by atoms with van der Waals surface area (Å²) in [6.45, 7) is 0. The molecule has 0 saturated heterocycles. The third-order valence-corrected chi connectivity index (χ3v) is 2.77. The second-order valence-electron chi connectivity index (χ2n) is 0.975. The Morgan fingerprint density at radius 3 is 2.62 bits per heavy atom. The van der Waals surface area contributed by atoms with Crippen LogP contribution in [0.25, 0.3) is 0 Å².